The van der Waals surface area contributed by atoms with E-state index in [4.69, 9.17) is 21.4 Å². The summed E-state index contributed by atoms with van der Waals surface area (Å²) in [7, 11) is -3.87. The third kappa shape index (κ3) is 9.91. The number of aliphatic hydroxyl groups is 2. The fourth-order valence-electron chi connectivity index (χ4n) is 4.09. The van der Waals surface area contributed by atoms with E-state index in [1.54, 1.807) is 30.3 Å². The van der Waals surface area contributed by atoms with E-state index in [0.29, 0.717) is 11.6 Å². The summed E-state index contributed by atoms with van der Waals surface area (Å²) in [6.45, 7) is 4.58. The molecule has 0 bridgehead atoms. The first-order chi connectivity index (χ1) is 19.1. The van der Waals surface area contributed by atoms with Crippen LogP contribution >= 0.6 is 11.6 Å². The number of carbonyl (C=O) groups is 1. The number of aryl methyl sites for hydroxylation is 1. The number of hydrogen-bond acceptors (Lipinski definition) is 7. The van der Waals surface area contributed by atoms with E-state index in [2.05, 4.69) is 10.0 Å². The SMILES string of the molecule is CC(C)Oc1cc(-c2ccc(CCCNC[C@H](O)c3cccc(Cl)c3)cc2)ccc1C(=O)NS(=O)(=O)CCCO. The van der Waals surface area contributed by atoms with Gasteiger partial charge in [0.15, 0.2) is 0 Å². The van der Waals surface area contributed by atoms with Gasteiger partial charge in [-0.3, -0.25) is 4.79 Å². The monoisotopic (exact) mass is 588 g/mol. The summed E-state index contributed by atoms with van der Waals surface area (Å²) < 4.78 is 32.2. The van der Waals surface area contributed by atoms with Crippen molar-refractivity contribution in [2.45, 2.75) is 45.3 Å². The molecule has 0 radical (unpaired) electrons. The Morgan fingerprint density at radius 2 is 1.73 bits per heavy atom. The Morgan fingerprint density at radius 3 is 2.40 bits per heavy atom. The van der Waals surface area contributed by atoms with Crippen LogP contribution < -0.4 is 14.8 Å². The molecule has 3 aromatic rings. The highest BCUT2D eigenvalue weighted by Gasteiger charge is 2.20. The van der Waals surface area contributed by atoms with Crippen LogP contribution in [-0.4, -0.2) is 56.1 Å². The fraction of sp³-hybridized carbons (Fsp3) is 0.367. The molecule has 216 valence electrons. The number of nitrogens with one attached hydrogen (secondary N) is 2. The van der Waals surface area contributed by atoms with Gasteiger partial charge >= 0.3 is 0 Å². The Bertz CT molecular complexity index is 1360. The van der Waals surface area contributed by atoms with Gasteiger partial charge in [-0.25, -0.2) is 13.1 Å². The van der Waals surface area contributed by atoms with Gasteiger partial charge in [-0.15, -0.1) is 0 Å². The minimum atomic E-state index is -3.87. The predicted octanol–water partition coefficient (Wildman–Crippen LogP) is 4.49. The fourth-order valence-corrected chi connectivity index (χ4v) is 5.30. The third-order valence-electron chi connectivity index (χ3n) is 6.09. The van der Waals surface area contributed by atoms with Gasteiger partial charge in [-0.1, -0.05) is 54.1 Å². The van der Waals surface area contributed by atoms with Crippen LogP contribution in [-0.2, 0) is 16.4 Å². The summed E-state index contributed by atoms with van der Waals surface area (Å²) in [5, 5.41) is 23.1. The van der Waals surface area contributed by atoms with Crippen molar-refractivity contribution in [1.82, 2.24) is 10.0 Å². The molecule has 0 aliphatic carbocycles. The van der Waals surface area contributed by atoms with Crippen molar-refractivity contribution in [3.05, 3.63) is 88.4 Å². The Morgan fingerprint density at radius 1 is 1.00 bits per heavy atom. The number of amides is 1. The van der Waals surface area contributed by atoms with Gasteiger partial charge in [0.2, 0.25) is 10.0 Å². The molecule has 10 heteroatoms. The average molecular weight is 589 g/mol. The highest BCUT2D eigenvalue weighted by Crippen LogP contribution is 2.29. The van der Waals surface area contributed by atoms with Crippen LogP contribution in [0.1, 0.15) is 54.3 Å². The highest BCUT2D eigenvalue weighted by molar-refractivity contribution is 7.90. The van der Waals surface area contributed by atoms with Crippen molar-refractivity contribution in [3.63, 3.8) is 0 Å². The molecule has 0 aliphatic rings. The van der Waals surface area contributed by atoms with E-state index in [1.807, 2.05) is 50.2 Å². The number of aliphatic hydroxyl groups excluding tert-OH is 2. The lowest BCUT2D eigenvalue weighted by Crippen LogP contribution is -2.33. The van der Waals surface area contributed by atoms with Gasteiger partial charge in [-0.2, -0.15) is 0 Å². The molecule has 3 rings (SSSR count). The summed E-state index contributed by atoms with van der Waals surface area (Å²) in [4.78, 5) is 12.7. The van der Waals surface area contributed by atoms with Gasteiger partial charge in [0.05, 0.1) is 23.5 Å². The van der Waals surface area contributed by atoms with Crippen molar-refractivity contribution in [1.29, 1.82) is 0 Å². The molecule has 8 nitrogen and oxygen atoms in total. The largest absolute Gasteiger partial charge is 0.490 e. The molecular formula is C30H37ClN2O6S. The number of hydrogen-bond donors (Lipinski definition) is 4. The first kappa shape index (κ1) is 31.6. The smallest absolute Gasteiger partial charge is 0.268 e. The number of carbonyl (C=O) groups excluding carboxylic acids is 1. The molecule has 1 atom stereocenters. The number of benzene rings is 3. The van der Waals surface area contributed by atoms with Crippen molar-refractivity contribution < 1.29 is 28.2 Å². The van der Waals surface area contributed by atoms with Crippen LogP contribution in [0.2, 0.25) is 5.02 Å². The summed E-state index contributed by atoms with van der Waals surface area (Å²) in [5.41, 5.74) is 3.84. The number of halogens is 1. The molecule has 0 fully saturated rings. The Hall–Kier alpha value is -2.95. The molecule has 4 N–H and O–H groups in total. The van der Waals surface area contributed by atoms with E-state index in [0.717, 1.165) is 36.1 Å². The standard InChI is InChI=1S/C30H37ClN2O6S/c1-21(2)39-29-19-24(13-14-27(29)30(36)33-40(37,38)17-5-16-34)23-11-9-22(10-12-23)6-4-15-32-20-28(35)25-7-3-8-26(31)18-25/h3,7-14,18-19,21,28,32,34-35H,4-6,15-17,20H2,1-2H3,(H,33,36)/t28-/m0/s1. The molecule has 3 aromatic carbocycles. The molecular weight excluding hydrogens is 552 g/mol. The Kier molecular flexibility index (Phi) is 12.0. The maximum absolute atomic E-state index is 12.7. The summed E-state index contributed by atoms with van der Waals surface area (Å²) in [5.74, 6) is -0.831. The van der Waals surface area contributed by atoms with Crippen molar-refractivity contribution in [3.8, 4) is 16.9 Å². The van der Waals surface area contributed by atoms with Gasteiger partial charge in [0.25, 0.3) is 5.91 Å². The van der Waals surface area contributed by atoms with E-state index in [9.17, 15) is 18.3 Å². The maximum Gasteiger partial charge on any atom is 0.268 e. The number of ether oxygens (including phenoxy) is 1. The molecule has 40 heavy (non-hydrogen) atoms. The topological polar surface area (TPSA) is 125 Å². The zero-order chi connectivity index (χ0) is 29.1. The first-order valence-corrected chi connectivity index (χ1v) is 15.3. The highest BCUT2D eigenvalue weighted by atomic mass is 35.5. The third-order valence-corrected chi connectivity index (χ3v) is 7.64. The van der Waals surface area contributed by atoms with Crippen LogP contribution in [0.5, 0.6) is 5.75 Å². The molecule has 0 aromatic heterocycles. The summed E-state index contributed by atoms with van der Waals surface area (Å²) >= 11 is 5.99. The van der Waals surface area contributed by atoms with Crippen LogP contribution in [0.4, 0.5) is 0 Å². The number of sulfonamides is 1. The molecule has 0 saturated carbocycles. The van der Waals surface area contributed by atoms with Crippen LogP contribution in [0.3, 0.4) is 0 Å². The summed E-state index contributed by atoms with van der Waals surface area (Å²) in [6, 6.07) is 20.4. The van der Waals surface area contributed by atoms with Gasteiger partial charge in [-0.05, 0) is 86.2 Å². The van der Waals surface area contributed by atoms with E-state index < -0.39 is 22.0 Å². The first-order valence-electron chi connectivity index (χ1n) is 13.3. The molecule has 0 saturated heterocycles. The zero-order valence-electron chi connectivity index (χ0n) is 22.8. The zero-order valence-corrected chi connectivity index (χ0v) is 24.3. The average Bonchev–Trinajstić information content (AvgIpc) is 2.91. The normalized spacial score (nSPS) is 12.3. The minimum Gasteiger partial charge on any atom is -0.490 e. The number of rotatable bonds is 15. The Balaban J connectivity index is 1.59. The molecule has 0 heterocycles. The summed E-state index contributed by atoms with van der Waals surface area (Å²) in [6.07, 6.45) is 0.966. The van der Waals surface area contributed by atoms with Crippen molar-refractivity contribution in [2.75, 3.05) is 25.4 Å². The van der Waals surface area contributed by atoms with E-state index in [-0.39, 0.29) is 36.2 Å². The molecule has 1 amide bonds. The van der Waals surface area contributed by atoms with E-state index in [1.165, 1.54) is 5.56 Å². The second-order valence-electron chi connectivity index (χ2n) is 9.78. The lowest BCUT2D eigenvalue weighted by Gasteiger charge is -2.16. The lowest BCUT2D eigenvalue weighted by molar-refractivity contribution is 0.0975. The van der Waals surface area contributed by atoms with Gasteiger partial charge < -0.3 is 20.3 Å². The van der Waals surface area contributed by atoms with Gasteiger partial charge in [0, 0.05) is 18.2 Å². The Labute approximate surface area is 241 Å². The van der Waals surface area contributed by atoms with Crippen molar-refractivity contribution in [2.24, 2.45) is 0 Å². The van der Waals surface area contributed by atoms with Crippen LogP contribution in [0, 0.1) is 0 Å². The lowest BCUT2D eigenvalue weighted by atomic mass is 10.00. The second-order valence-corrected chi connectivity index (χ2v) is 12.1. The molecule has 0 aliphatic heterocycles. The molecule has 0 spiro atoms. The maximum atomic E-state index is 12.7. The van der Waals surface area contributed by atoms with E-state index >= 15 is 0 Å². The predicted molar refractivity (Wildman–Crippen MR) is 158 cm³/mol. The minimum absolute atomic E-state index is 0.0382. The van der Waals surface area contributed by atoms with Gasteiger partial charge in [0.1, 0.15) is 5.75 Å². The van der Waals surface area contributed by atoms with Crippen LogP contribution in [0.25, 0.3) is 11.1 Å². The molecule has 0 unspecified atom stereocenters. The second kappa shape index (κ2) is 15.2. The van der Waals surface area contributed by atoms with Crippen molar-refractivity contribution >= 4 is 27.5 Å². The van der Waals surface area contributed by atoms with Crippen LogP contribution in [0.15, 0.2) is 66.7 Å². The quantitative estimate of drug-likeness (QED) is 0.193.